The first-order valence-electron chi connectivity index (χ1n) is 37.1. The van der Waals surface area contributed by atoms with Crippen LogP contribution in [0.2, 0.25) is 0 Å². The maximum Gasteiger partial charge on any atom is 0.260 e. The van der Waals surface area contributed by atoms with E-state index in [1.807, 2.05) is 103 Å². The smallest absolute Gasteiger partial charge is 0.260 e. The molecule has 25 heteroatoms. The molecule has 1 aliphatic carbocycles. The topological polar surface area (TPSA) is 314 Å². The van der Waals surface area contributed by atoms with E-state index in [4.69, 9.17) is 26.2 Å². The third kappa shape index (κ3) is 19.4. The molecule has 107 heavy (non-hydrogen) atoms. The summed E-state index contributed by atoms with van der Waals surface area (Å²) in [7, 11) is -0.435. The minimum Gasteiger partial charge on any atom is -0.491 e. The Kier molecular flexibility index (Phi) is 25.4. The van der Waals surface area contributed by atoms with Gasteiger partial charge in [-0.25, -0.2) is 26.8 Å². The average Bonchev–Trinajstić information content (AvgIpc) is 1.65. The van der Waals surface area contributed by atoms with Crippen LogP contribution in [0.1, 0.15) is 87.6 Å². The van der Waals surface area contributed by atoms with E-state index in [0.717, 1.165) is 157 Å². The summed E-state index contributed by atoms with van der Waals surface area (Å²) in [5.41, 5.74) is 25.9. The van der Waals surface area contributed by atoms with Crippen LogP contribution < -0.4 is 36.1 Å². The number of likely N-dealkylation sites (N-methyl/N-ethyl adjacent to an activating group) is 2. The molecule has 0 unspecified atom stereocenters. The van der Waals surface area contributed by atoms with Crippen molar-refractivity contribution in [3.63, 3.8) is 0 Å². The Morgan fingerprint density at radius 2 is 1.38 bits per heavy atom. The van der Waals surface area contributed by atoms with Crippen LogP contribution in [0, 0.1) is 11.3 Å². The molecular weight excluding hydrogens is 1390 g/mol. The number of primary amides is 1. The monoisotopic (exact) mass is 1490 g/mol. The van der Waals surface area contributed by atoms with Crippen LogP contribution in [-0.2, 0) is 68.7 Å². The Labute approximate surface area is 626 Å². The van der Waals surface area contributed by atoms with E-state index in [0.29, 0.717) is 65.7 Å². The number of likely N-dealkylation sites (tertiary alicyclic amines) is 1. The van der Waals surface area contributed by atoms with E-state index in [1.165, 1.54) is 47.2 Å². The van der Waals surface area contributed by atoms with E-state index in [-0.39, 0.29) is 35.7 Å². The summed E-state index contributed by atoms with van der Waals surface area (Å²) in [6.45, 7) is 11.1. The number of H-pyrrole nitrogens is 4. The molecule has 15 rings (SSSR count). The molecular formula is C82H99N15O8S2. The van der Waals surface area contributed by atoms with Crippen LogP contribution in [0.15, 0.2) is 163 Å². The number of benzene rings is 6. The fourth-order valence-electron chi connectivity index (χ4n) is 14.9. The first-order valence-corrected chi connectivity index (χ1v) is 40.6. The van der Waals surface area contributed by atoms with Gasteiger partial charge in [0.2, 0.25) is 5.91 Å². The van der Waals surface area contributed by atoms with Crippen molar-refractivity contribution in [2.24, 2.45) is 11.5 Å². The number of aromatic nitrogens is 6. The zero-order valence-electron chi connectivity index (χ0n) is 61.7. The first-order chi connectivity index (χ1) is 51.9. The van der Waals surface area contributed by atoms with Gasteiger partial charge in [-0.05, 0) is 228 Å². The molecule has 6 aromatic carbocycles. The summed E-state index contributed by atoms with van der Waals surface area (Å²) < 4.78 is 60.2. The van der Waals surface area contributed by atoms with E-state index in [2.05, 4.69) is 92.5 Å². The summed E-state index contributed by atoms with van der Waals surface area (Å²) in [6, 6.07) is 43.1. The molecule has 8 heterocycles. The van der Waals surface area contributed by atoms with Crippen LogP contribution in [-0.4, -0.2) is 197 Å². The van der Waals surface area contributed by atoms with Crippen LogP contribution in [0.3, 0.4) is 0 Å². The van der Waals surface area contributed by atoms with Gasteiger partial charge in [0, 0.05) is 149 Å². The lowest BCUT2D eigenvalue weighted by Crippen LogP contribution is -2.50. The lowest BCUT2D eigenvalue weighted by atomic mass is 9.91. The zero-order chi connectivity index (χ0) is 75.0. The standard InChI is InChI=1S/C23H31N5O3S.C23H25N5O2.C22H26N2O2S.C14H17N3O/c1-3-32(29,30)16-18-6-7-21-20(13-18)19(14-25-21)5-4-8-27-9-11-28(12-10-27)23-22(31-2)15-24-17-26-23;24-8-7-18-15-26-22-6-5-20(13-21(18)22)30-16-23(29)28-11-9-27(10-12-28)19-3-1-17(14-25)2-4-19;1-24-12-5-6-19(24)15-18-16-23-22-10-9-17(14-21(18)22)11-13-27(25,26)20-7-3-2-4-8-20;1-16-9-3-5-13-11(7-9)10-6-8(14(15)18)2-4-12(10)17-13/h6-7,13-15,17,25H,3-5,8-12,16H2,1-2H3;1-6,13,15,26H,7-12,16,24H2;2-4,7-10,14,16,19,23H,5-6,11-13,15H2,1H3;2,4,6,9,16-17H,3,5,7H2,1H3,(H2,15,18)/t;;19-;9-/m..11/s1. The highest BCUT2D eigenvalue weighted by molar-refractivity contribution is 7.91. The highest BCUT2D eigenvalue weighted by Gasteiger charge is 2.27. The van der Waals surface area contributed by atoms with Crippen molar-refractivity contribution in [2.45, 2.75) is 93.9 Å². The van der Waals surface area contributed by atoms with Gasteiger partial charge in [0.25, 0.3) is 5.91 Å². The minimum atomic E-state index is -3.25. The number of anilines is 2. The number of nitriles is 1. The summed E-state index contributed by atoms with van der Waals surface area (Å²) in [6.07, 6.45) is 19.5. The lowest BCUT2D eigenvalue weighted by molar-refractivity contribution is -0.133. The normalized spacial score (nSPS) is 16.3. The van der Waals surface area contributed by atoms with Gasteiger partial charge in [0.05, 0.1) is 41.3 Å². The molecule has 2 atom stereocenters. The first kappa shape index (κ1) is 76.6. The van der Waals surface area contributed by atoms with Gasteiger partial charge in [-0.15, -0.1) is 0 Å². The fourth-order valence-corrected chi connectivity index (χ4v) is 17.1. The number of nitrogens with two attached hydrogens (primary N) is 2. The van der Waals surface area contributed by atoms with E-state index in [9.17, 15) is 26.4 Å². The Morgan fingerprint density at radius 3 is 2.06 bits per heavy atom. The number of methoxy groups -OCH3 is 1. The fraction of sp³-hybridized carbons (Fsp3) is 0.378. The Morgan fingerprint density at radius 1 is 0.720 bits per heavy atom. The Bertz CT molecular complexity index is 5110. The molecule has 0 bridgehead atoms. The largest absolute Gasteiger partial charge is 0.491 e. The number of sulfone groups is 2. The summed E-state index contributed by atoms with van der Waals surface area (Å²) in [5.74, 6) is 2.29. The Balaban J connectivity index is 0.000000136. The van der Waals surface area contributed by atoms with Gasteiger partial charge >= 0.3 is 0 Å². The molecule has 9 N–H and O–H groups in total. The predicted octanol–water partition coefficient (Wildman–Crippen LogP) is 10.1. The quantitative estimate of drug-likeness (QED) is 0.0313. The highest BCUT2D eigenvalue weighted by atomic mass is 32.2. The maximum absolute atomic E-state index is 12.6. The van der Waals surface area contributed by atoms with Crippen molar-refractivity contribution in [1.29, 1.82) is 5.26 Å². The van der Waals surface area contributed by atoms with Crippen molar-refractivity contribution >= 4 is 86.6 Å². The molecule has 2 amide bonds. The number of carbonyl (C=O) groups is 2. The molecule has 4 aliphatic rings. The van der Waals surface area contributed by atoms with Crippen molar-refractivity contribution in [2.75, 3.05) is 121 Å². The van der Waals surface area contributed by atoms with Crippen LogP contribution in [0.25, 0.3) is 43.6 Å². The number of piperazine rings is 2. The van der Waals surface area contributed by atoms with Gasteiger partial charge in [-0.1, -0.05) is 37.3 Å². The van der Waals surface area contributed by atoms with Gasteiger partial charge in [0.1, 0.15) is 12.1 Å². The second-order valence-corrected chi connectivity index (χ2v) is 32.5. The number of carbonyl (C=O) groups excluding carboxylic acids is 2. The van der Waals surface area contributed by atoms with Gasteiger partial charge < -0.3 is 65.8 Å². The summed E-state index contributed by atoms with van der Waals surface area (Å²) in [5, 5.41) is 16.8. The molecule has 3 saturated heterocycles. The van der Waals surface area contributed by atoms with Crippen molar-refractivity contribution in [3.8, 4) is 17.6 Å². The number of rotatable bonds is 23. The molecule has 3 aliphatic heterocycles. The number of amides is 2. The molecule has 23 nitrogen and oxygen atoms in total. The van der Waals surface area contributed by atoms with Crippen molar-refractivity contribution in [1.82, 2.24) is 49.9 Å². The van der Waals surface area contributed by atoms with E-state index in [1.54, 1.807) is 56.9 Å². The van der Waals surface area contributed by atoms with Crippen LogP contribution >= 0.6 is 0 Å². The second-order valence-electron chi connectivity index (χ2n) is 28.1. The number of nitrogens with one attached hydrogen (secondary N) is 5. The van der Waals surface area contributed by atoms with Gasteiger partial charge in [0.15, 0.2) is 37.8 Å². The molecule has 0 saturated carbocycles. The van der Waals surface area contributed by atoms with Crippen LogP contribution in [0.4, 0.5) is 11.5 Å². The molecule has 0 radical (unpaired) electrons. The molecule has 0 spiro atoms. The lowest BCUT2D eigenvalue weighted by Gasteiger charge is -2.36. The average molecular weight is 1490 g/mol. The number of hydrogen-bond acceptors (Lipinski definition) is 17. The molecule has 562 valence electrons. The number of nitrogens with zero attached hydrogens (tertiary/aromatic N) is 8. The number of aromatic amines is 4. The third-order valence-electron chi connectivity index (χ3n) is 21.2. The molecule has 3 fully saturated rings. The van der Waals surface area contributed by atoms with E-state index >= 15 is 0 Å². The van der Waals surface area contributed by atoms with Gasteiger partial charge in [-0.3, -0.25) is 14.5 Å². The highest BCUT2D eigenvalue weighted by Crippen LogP contribution is 2.32. The van der Waals surface area contributed by atoms with Crippen LogP contribution in [0.5, 0.6) is 11.5 Å². The third-order valence-corrected chi connectivity index (χ3v) is 24.6. The SMILES string of the molecule is CCS(=O)(=O)Cc1ccc2[nH]cc(CCCN3CCN(c4ncncc4OC)CC3)c2c1.CN1CCC[C@@H]1Cc1c[nH]c2ccc(CCS(=O)(=O)c3ccccc3)cc12.CN[C@@H]1CCc2[nH]c3ccc(C(N)=O)cc3c2C1.N#Cc1ccc(N2CCN(C(=O)COc3ccc4[nH]cc(CCN)c4c3)CC2)cc1. The number of ether oxygens (including phenoxy) is 2. The predicted molar refractivity (Wildman–Crippen MR) is 425 cm³/mol. The molecule has 5 aromatic heterocycles. The summed E-state index contributed by atoms with van der Waals surface area (Å²) >= 11 is 0. The zero-order valence-corrected chi connectivity index (χ0v) is 63.3. The van der Waals surface area contributed by atoms with E-state index < -0.39 is 19.7 Å². The van der Waals surface area contributed by atoms with Gasteiger partial charge in [-0.2, -0.15) is 5.26 Å². The Hall–Kier alpha value is -10.1. The van der Waals surface area contributed by atoms with Crippen molar-refractivity contribution < 1.29 is 35.9 Å². The molecule has 11 aromatic rings. The minimum absolute atomic E-state index is 0.00849. The maximum atomic E-state index is 12.6. The second kappa shape index (κ2) is 35.6. The number of fused-ring (bicyclic) bond motifs is 6. The number of aryl methyl sites for hydroxylation is 3. The summed E-state index contributed by atoms with van der Waals surface area (Å²) in [4.78, 5) is 57.3. The number of hydrogen-bond donors (Lipinski definition) is 7. The van der Waals surface area contributed by atoms with Crippen molar-refractivity contribution in [3.05, 3.63) is 209 Å².